The van der Waals surface area contributed by atoms with E-state index in [4.69, 9.17) is 16.6 Å². The summed E-state index contributed by atoms with van der Waals surface area (Å²) in [4.78, 5) is 33.9. The summed E-state index contributed by atoms with van der Waals surface area (Å²) in [7, 11) is 0. The van der Waals surface area contributed by atoms with Crippen molar-refractivity contribution in [2.75, 3.05) is 5.32 Å². The van der Waals surface area contributed by atoms with Gasteiger partial charge in [0.1, 0.15) is 5.82 Å². The third kappa shape index (κ3) is 3.76. The van der Waals surface area contributed by atoms with Crippen LogP contribution in [-0.2, 0) is 4.79 Å². The maximum atomic E-state index is 13.2. The van der Waals surface area contributed by atoms with Crippen molar-refractivity contribution in [2.45, 2.75) is 56.9 Å². The van der Waals surface area contributed by atoms with Crippen molar-refractivity contribution in [3.05, 3.63) is 62.0 Å². The zero-order chi connectivity index (χ0) is 20.9. The molecule has 2 aromatic rings. The molecule has 5 nitrogen and oxygen atoms in total. The number of hydrogen-bond donors (Lipinski definition) is 2. The number of allylic oxidation sites excluding steroid dienone is 2. The molecule has 0 unspecified atom stereocenters. The van der Waals surface area contributed by atoms with Crippen LogP contribution in [0, 0.1) is 5.41 Å². The van der Waals surface area contributed by atoms with Gasteiger partial charge in [-0.25, -0.2) is 4.98 Å². The number of nitrogens with zero attached hydrogens (tertiary/aromatic N) is 1. The first-order valence-electron chi connectivity index (χ1n) is 9.75. The lowest BCUT2D eigenvalue weighted by Gasteiger charge is -2.38. The zero-order valence-corrected chi connectivity index (χ0v) is 18.5. The number of carbonyl (C=O) groups excluding carboxylic acids is 1. The number of rotatable bonds is 3. The Hall–Kier alpha value is -2.05. The maximum Gasteiger partial charge on any atom is 0.257 e. The van der Waals surface area contributed by atoms with E-state index in [2.05, 4.69) is 24.1 Å². The van der Waals surface area contributed by atoms with Gasteiger partial charge in [-0.05, 0) is 23.5 Å². The average Bonchev–Trinajstić information content (AvgIpc) is 2.58. The summed E-state index contributed by atoms with van der Waals surface area (Å²) >= 11 is 8.02. The number of carbonyl (C=O) groups is 1. The van der Waals surface area contributed by atoms with E-state index in [1.807, 2.05) is 32.0 Å². The molecule has 1 aromatic carbocycles. The van der Waals surface area contributed by atoms with Gasteiger partial charge in [0.2, 0.25) is 0 Å². The highest BCUT2D eigenvalue weighted by atomic mass is 35.5. The molecule has 2 heterocycles. The molecule has 152 valence electrons. The Morgan fingerprint density at radius 1 is 1.21 bits per heavy atom. The van der Waals surface area contributed by atoms with Crippen molar-refractivity contribution >= 4 is 35.0 Å². The molecule has 0 bridgehead atoms. The minimum absolute atomic E-state index is 0.0550. The minimum atomic E-state index is -0.520. The lowest BCUT2D eigenvalue weighted by Crippen LogP contribution is -2.37. The van der Waals surface area contributed by atoms with Gasteiger partial charge in [0.25, 0.3) is 5.56 Å². The Bertz CT molecular complexity index is 1090. The molecule has 0 saturated heterocycles. The summed E-state index contributed by atoms with van der Waals surface area (Å²) in [5.41, 5.74) is 2.32. The molecular formula is C22H24ClN3O2S. The van der Waals surface area contributed by atoms with Crippen LogP contribution in [0.25, 0.3) is 0 Å². The van der Waals surface area contributed by atoms with Crippen molar-refractivity contribution in [1.82, 2.24) is 9.97 Å². The highest BCUT2D eigenvalue weighted by Gasteiger charge is 2.42. The number of fused-ring (bicyclic) bond motifs is 1. The summed E-state index contributed by atoms with van der Waals surface area (Å²) in [6.45, 7) is 8.27. The van der Waals surface area contributed by atoms with Crippen LogP contribution in [-0.4, -0.2) is 21.0 Å². The second-order valence-corrected chi connectivity index (χ2v) is 10.7. The predicted molar refractivity (Wildman–Crippen MR) is 118 cm³/mol. The highest BCUT2D eigenvalue weighted by Crippen LogP contribution is 2.48. The van der Waals surface area contributed by atoms with Crippen molar-refractivity contribution < 1.29 is 4.79 Å². The van der Waals surface area contributed by atoms with Crippen molar-refractivity contribution in [3.63, 3.8) is 0 Å². The Morgan fingerprint density at radius 2 is 1.93 bits per heavy atom. The number of hydrogen-bond acceptors (Lipinski definition) is 5. The SMILES string of the molecule is CC(C)Sc1nc2c(c(=O)[nH]1)[C@@H](c1ccccc1Cl)C1=C(CC(C)(C)CC1=O)N2. The van der Waals surface area contributed by atoms with Gasteiger partial charge < -0.3 is 10.3 Å². The number of aromatic nitrogens is 2. The fraction of sp³-hybridized carbons (Fsp3) is 0.409. The van der Waals surface area contributed by atoms with Crippen LogP contribution in [0.4, 0.5) is 5.82 Å². The van der Waals surface area contributed by atoms with Crippen LogP contribution in [0.15, 0.2) is 45.5 Å². The lowest BCUT2D eigenvalue weighted by atomic mass is 9.69. The van der Waals surface area contributed by atoms with E-state index in [1.54, 1.807) is 6.07 Å². The topological polar surface area (TPSA) is 74.8 Å². The number of benzene rings is 1. The molecule has 1 aromatic heterocycles. The first-order valence-corrected chi connectivity index (χ1v) is 11.0. The van der Waals surface area contributed by atoms with Gasteiger partial charge in [0.05, 0.1) is 5.56 Å². The second kappa shape index (κ2) is 7.33. The molecule has 0 fully saturated rings. The summed E-state index contributed by atoms with van der Waals surface area (Å²) in [6, 6.07) is 7.40. The van der Waals surface area contributed by atoms with E-state index in [1.165, 1.54) is 11.8 Å². The monoisotopic (exact) mass is 429 g/mol. The molecule has 29 heavy (non-hydrogen) atoms. The quantitative estimate of drug-likeness (QED) is 0.522. The van der Waals surface area contributed by atoms with E-state index >= 15 is 0 Å². The number of anilines is 1. The van der Waals surface area contributed by atoms with E-state index in [0.717, 1.165) is 17.7 Å². The van der Waals surface area contributed by atoms with Crippen LogP contribution in [0.5, 0.6) is 0 Å². The number of Topliss-reactive ketones (excluding diaryl/α,β-unsaturated/α-hetero) is 1. The van der Waals surface area contributed by atoms with Gasteiger partial charge in [0.15, 0.2) is 10.9 Å². The molecule has 0 spiro atoms. The number of thioether (sulfide) groups is 1. The highest BCUT2D eigenvalue weighted by molar-refractivity contribution is 7.99. The molecular weight excluding hydrogens is 406 g/mol. The van der Waals surface area contributed by atoms with E-state index in [0.29, 0.717) is 33.6 Å². The molecule has 2 N–H and O–H groups in total. The standard InChI is InChI=1S/C22H24ClN3O2S/c1-11(2)29-21-25-19-18(20(28)26-21)16(12-7-5-6-8-13(12)23)17-14(24-19)9-22(3,4)10-15(17)27/h5-8,11,16H,9-10H2,1-4H3,(H2,24,25,26,28)/t16-/m0/s1. The molecule has 0 saturated carbocycles. The third-order valence-corrected chi connectivity index (χ3v) is 6.50. The van der Waals surface area contributed by atoms with Gasteiger partial charge >= 0.3 is 0 Å². The largest absolute Gasteiger partial charge is 0.343 e. The molecule has 7 heteroatoms. The molecule has 0 amide bonds. The lowest BCUT2D eigenvalue weighted by molar-refractivity contribution is -0.118. The van der Waals surface area contributed by atoms with E-state index in [-0.39, 0.29) is 22.0 Å². The van der Waals surface area contributed by atoms with E-state index in [9.17, 15) is 9.59 Å². The molecule has 1 aliphatic heterocycles. The fourth-order valence-corrected chi connectivity index (χ4v) is 5.18. The Morgan fingerprint density at radius 3 is 2.62 bits per heavy atom. The van der Waals surface area contributed by atoms with Gasteiger partial charge in [-0.1, -0.05) is 69.3 Å². The normalized spacial score (nSPS) is 20.3. The first-order chi connectivity index (χ1) is 13.7. The zero-order valence-electron chi connectivity index (χ0n) is 16.9. The molecule has 0 radical (unpaired) electrons. The van der Waals surface area contributed by atoms with Crippen LogP contribution >= 0.6 is 23.4 Å². The van der Waals surface area contributed by atoms with Crippen molar-refractivity contribution in [3.8, 4) is 0 Å². The number of ketones is 1. The van der Waals surface area contributed by atoms with Crippen LogP contribution in [0.1, 0.15) is 57.6 Å². The Kier molecular flexibility index (Phi) is 5.11. The first kappa shape index (κ1) is 20.2. The van der Waals surface area contributed by atoms with Gasteiger partial charge in [-0.15, -0.1) is 0 Å². The van der Waals surface area contributed by atoms with Crippen molar-refractivity contribution in [1.29, 1.82) is 0 Å². The van der Waals surface area contributed by atoms with Crippen molar-refractivity contribution in [2.24, 2.45) is 5.41 Å². The molecule has 1 atom stereocenters. The number of nitrogens with one attached hydrogen (secondary N) is 2. The average molecular weight is 430 g/mol. The number of H-pyrrole nitrogens is 1. The predicted octanol–water partition coefficient (Wildman–Crippen LogP) is 5.12. The summed E-state index contributed by atoms with van der Waals surface area (Å²) in [6.07, 6.45) is 1.16. The molecule has 4 rings (SSSR count). The summed E-state index contributed by atoms with van der Waals surface area (Å²) in [5.74, 6) is 0.0540. The second-order valence-electron chi connectivity index (χ2n) is 8.71. The summed E-state index contributed by atoms with van der Waals surface area (Å²) < 4.78 is 0. The maximum absolute atomic E-state index is 13.2. The smallest absolute Gasteiger partial charge is 0.257 e. The Balaban J connectivity index is 1.96. The van der Waals surface area contributed by atoms with Gasteiger partial charge in [0, 0.05) is 33.9 Å². The Labute approximate surface area is 179 Å². The van der Waals surface area contributed by atoms with E-state index < -0.39 is 5.92 Å². The van der Waals surface area contributed by atoms with Crippen LogP contribution < -0.4 is 10.9 Å². The number of halogens is 1. The fourth-order valence-electron chi connectivity index (χ4n) is 4.19. The van der Waals surface area contributed by atoms with Crippen LogP contribution in [0.2, 0.25) is 5.02 Å². The number of aromatic amines is 1. The minimum Gasteiger partial charge on any atom is -0.343 e. The summed E-state index contributed by atoms with van der Waals surface area (Å²) in [5, 5.41) is 4.72. The van der Waals surface area contributed by atoms with Gasteiger partial charge in [-0.2, -0.15) is 0 Å². The third-order valence-electron chi connectivity index (χ3n) is 5.26. The molecule has 1 aliphatic carbocycles. The molecule has 2 aliphatic rings. The van der Waals surface area contributed by atoms with Crippen LogP contribution in [0.3, 0.4) is 0 Å². The van der Waals surface area contributed by atoms with Gasteiger partial charge in [-0.3, -0.25) is 9.59 Å².